The van der Waals surface area contributed by atoms with Crippen LogP contribution in [-0.2, 0) is 4.74 Å². The molecule has 1 unspecified atom stereocenters. The smallest absolute Gasteiger partial charge is 0.260 e. The molecule has 30 heavy (non-hydrogen) atoms. The fraction of sp³-hybridized carbons (Fsp3) is 0.333. The van der Waals surface area contributed by atoms with E-state index in [2.05, 4.69) is 4.98 Å². The lowest BCUT2D eigenvalue weighted by molar-refractivity contribution is 0.0917. The van der Waals surface area contributed by atoms with Crippen LogP contribution in [0.5, 0.6) is 11.5 Å². The van der Waals surface area contributed by atoms with E-state index in [1.54, 1.807) is 18.2 Å². The van der Waals surface area contributed by atoms with Crippen molar-refractivity contribution in [1.82, 2.24) is 4.98 Å². The molecule has 3 aromatic rings. The van der Waals surface area contributed by atoms with E-state index in [-0.39, 0.29) is 29.2 Å². The van der Waals surface area contributed by atoms with Crippen LogP contribution < -0.4 is 14.4 Å². The number of aromatic nitrogens is 1. The number of fused-ring (bicyclic) bond motifs is 1. The van der Waals surface area contributed by atoms with E-state index in [9.17, 15) is 13.6 Å². The van der Waals surface area contributed by atoms with Crippen molar-refractivity contribution < 1.29 is 27.8 Å². The average molecular weight is 434 g/mol. The molecule has 1 fully saturated rings. The number of anilines is 1. The van der Waals surface area contributed by atoms with Crippen LogP contribution in [0.1, 0.15) is 23.2 Å². The quantitative estimate of drug-likeness (QED) is 0.575. The Bertz CT molecular complexity index is 1060. The Labute approximate surface area is 176 Å². The summed E-state index contributed by atoms with van der Waals surface area (Å²) in [5.41, 5.74) is 0.361. The maximum absolute atomic E-state index is 14.2. The minimum atomic E-state index is -0.764. The molecule has 0 radical (unpaired) electrons. The Hall–Kier alpha value is -2.78. The van der Waals surface area contributed by atoms with E-state index < -0.39 is 11.6 Å². The first-order valence-corrected chi connectivity index (χ1v) is 10.2. The number of halogens is 2. The fourth-order valence-corrected chi connectivity index (χ4v) is 4.40. The summed E-state index contributed by atoms with van der Waals surface area (Å²) in [7, 11) is 3.00. The van der Waals surface area contributed by atoms with Crippen molar-refractivity contribution in [2.24, 2.45) is 0 Å². The summed E-state index contributed by atoms with van der Waals surface area (Å²) in [5, 5.41) is 0.275. The van der Waals surface area contributed by atoms with Crippen LogP contribution in [0.4, 0.5) is 13.9 Å². The first kappa shape index (κ1) is 20.5. The van der Waals surface area contributed by atoms with Gasteiger partial charge in [-0.05, 0) is 31.0 Å². The molecule has 1 saturated heterocycles. The number of carbonyl (C=O) groups is 1. The van der Waals surface area contributed by atoms with Crippen molar-refractivity contribution in [1.29, 1.82) is 0 Å². The lowest BCUT2D eigenvalue weighted by atomic mass is 10.1. The molecule has 2 aromatic carbocycles. The van der Waals surface area contributed by atoms with Gasteiger partial charge in [-0.15, -0.1) is 0 Å². The van der Waals surface area contributed by atoms with Crippen molar-refractivity contribution in [2.75, 3.05) is 32.3 Å². The molecule has 6 nitrogen and oxygen atoms in total. The van der Waals surface area contributed by atoms with Crippen molar-refractivity contribution in [3.05, 3.63) is 47.5 Å². The summed E-state index contributed by atoms with van der Waals surface area (Å²) in [6, 6.07) is 6.85. The van der Waals surface area contributed by atoms with Gasteiger partial charge < -0.3 is 14.2 Å². The third-order valence-corrected chi connectivity index (χ3v) is 5.91. The van der Waals surface area contributed by atoms with E-state index in [0.717, 1.165) is 30.2 Å². The summed E-state index contributed by atoms with van der Waals surface area (Å²) < 4.78 is 44.4. The number of rotatable bonds is 6. The molecule has 0 bridgehead atoms. The first-order chi connectivity index (χ1) is 14.5. The van der Waals surface area contributed by atoms with E-state index in [0.29, 0.717) is 28.4 Å². The number of hydrogen-bond acceptors (Lipinski definition) is 6. The highest BCUT2D eigenvalue weighted by molar-refractivity contribution is 7.22. The Morgan fingerprint density at radius 2 is 1.93 bits per heavy atom. The zero-order valence-corrected chi connectivity index (χ0v) is 17.3. The van der Waals surface area contributed by atoms with Gasteiger partial charge >= 0.3 is 0 Å². The van der Waals surface area contributed by atoms with Crippen LogP contribution in [0.15, 0.2) is 30.3 Å². The lowest BCUT2D eigenvalue weighted by Gasteiger charge is -2.23. The summed E-state index contributed by atoms with van der Waals surface area (Å²) in [5.74, 6) is -0.883. The van der Waals surface area contributed by atoms with Crippen molar-refractivity contribution in [2.45, 2.75) is 18.9 Å². The summed E-state index contributed by atoms with van der Waals surface area (Å²) >= 11 is 1.06. The van der Waals surface area contributed by atoms with Gasteiger partial charge in [0.2, 0.25) is 0 Å². The maximum Gasteiger partial charge on any atom is 0.260 e. The molecule has 0 saturated carbocycles. The van der Waals surface area contributed by atoms with Crippen LogP contribution in [0.3, 0.4) is 0 Å². The van der Waals surface area contributed by atoms with Crippen LogP contribution in [0.2, 0.25) is 0 Å². The van der Waals surface area contributed by atoms with Gasteiger partial charge in [-0.2, -0.15) is 0 Å². The average Bonchev–Trinajstić information content (AvgIpc) is 3.40. The van der Waals surface area contributed by atoms with Gasteiger partial charge in [0.1, 0.15) is 22.8 Å². The second-order valence-electron chi connectivity index (χ2n) is 6.88. The van der Waals surface area contributed by atoms with E-state index in [4.69, 9.17) is 14.2 Å². The number of benzene rings is 2. The predicted molar refractivity (Wildman–Crippen MR) is 110 cm³/mol. The molecule has 158 valence electrons. The molecule has 1 amide bonds. The Balaban J connectivity index is 1.76. The van der Waals surface area contributed by atoms with Gasteiger partial charge in [0.15, 0.2) is 10.9 Å². The Kier molecular flexibility index (Phi) is 5.83. The molecule has 4 rings (SSSR count). The predicted octanol–water partition coefficient (Wildman–Crippen LogP) is 4.42. The van der Waals surface area contributed by atoms with Crippen LogP contribution >= 0.6 is 11.3 Å². The molecule has 2 heterocycles. The monoisotopic (exact) mass is 434 g/mol. The number of carbonyl (C=O) groups excluding carboxylic acids is 1. The molecule has 0 N–H and O–H groups in total. The SMILES string of the molecule is COc1cc(OC)cc(C(=O)N(CC2CCCO2)c2nc3c(F)cc(F)cc3s2)c1. The molecular formula is C21H20F2N2O4S. The van der Waals surface area contributed by atoms with Gasteiger partial charge in [0, 0.05) is 24.3 Å². The number of hydrogen-bond donors (Lipinski definition) is 0. The molecule has 1 atom stereocenters. The highest BCUT2D eigenvalue weighted by atomic mass is 32.1. The Morgan fingerprint density at radius 1 is 1.20 bits per heavy atom. The van der Waals surface area contributed by atoms with Crippen molar-refractivity contribution in [3.8, 4) is 11.5 Å². The normalized spacial score (nSPS) is 16.1. The topological polar surface area (TPSA) is 60.9 Å². The number of ether oxygens (including phenoxy) is 3. The highest BCUT2D eigenvalue weighted by Crippen LogP contribution is 2.33. The molecule has 1 aliphatic rings. The van der Waals surface area contributed by atoms with Gasteiger partial charge in [0.25, 0.3) is 5.91 Å². The standard InChI is InChI=1S/C21H20F2N2O4S/c1-27-15-6-12(7-16(10-15)28-2)20(26)25(11-14-4-3-5-29-14)21-24-19-17(23)8-13(22)9-18(19)30-21/h6-10,14H,3-5,11H2,1-2H3. The molecule has 1 aromatic heterocycles. The number of nitrogens with zero attached hydrogens (tertiary/aromatic N) is 2. The third-order valence-electron chi connectivity index (χ3n) is 4.89. The van der Waals surface area contributed by atoms with Gasteiger partial charge in [-0.3, -0.25) is 9.69 Å². The lowest BCUT2D eigenvalue weighted by Crippen LogP contribution is -2.37. The van der Waals surface area contributed by atoms with Crippen molar-refractivity contribution in [3.63, 3.8) is 0 Å². The van der Waals surface area contributed by atoms with Crippen LogP contribution in [-0.4, -0.2) is 44.4 Å². The summed E-state index contributed by atoms with van der Waals surface area (Å²) in [6.45, 7) is 0.877. The van der Waals surface area contributed by atoms with Gasteiger partial charge in [-0.1, -0.05) is 11.3 Å². The zero-order valence-electron chi connectivity index (χ0n) is 16.5. The van der Waals surface area contributed by atoms with Gasteiger partial charge in [-0.25, -0.2) is 13.8 Å². The molecule has 0 aliphatic carbocycles. The molecular weight excluding hydrogens is 414 g/mol. The fourth-order valence-electron chi connectivity index (χ4n) is 3.39. The van der Waals surface area contributed by atoms with E-state index in [1.807, 2.05) is 0 Å². The molecule has 9 heteroatoms. The largest absolute Gasteiger partial charge is 0.497 e. The molecule has 0 spiro atoms. The first-order valence-electron chi connectivity index (χ1n) is 9.40. The Morgan fingerprint density at radius 3 is 2.57 bits per heavy atom. The minimum Gasteiger partial charge on any atom is -0.497 e. The second-order valence-corrected chi connectivity index (χ2v) is 7.89. The highest BCUT2D eigenvalue weighted by Gasteiger charge is 2.28. The van der Waals surface area contributed by atoms with Crippen LogP contribution in [0.25, 0.3) is 10.2 Å². The maximum atomic E-state index is 14.2. The second kappa shape index (κ2) is 8.53. The number of thiazole rings is 1. The number of amides is 1. The van der Waals surface area contributed by atoms with E-state index in [1.165, 1.54) is 25.2 Å². The zero-order chi connectivity index (χ0) is 21.3. The van der Waals surface area contributed by atoms with Gasteiger partial charge in [0.05, 0.1) is 31.6 Å². The van der Waals surface area contributed by atoms with Crippen LogP contribution in [0, 0.1) is 11.6 Å². The van der Waals surface area contributed by atoms with Crippen molar-refractivity contribution >= 4 is 32.6 Å². The molecule has 1 aliphatic heterocycles. The summed E-state index contributed by atoms with van der Waals surface area (Å²) in [4.78, 5) is 19.2. The summed E-state index contributed by atoms with van der Waals surface area (Å²) in [6.07, 6.45) is 1.55. The van der Waals surface area contributed by atoms with E-state index >= 15 is 0 Å². The minimum absolute atomic E-state index is 0.0322. The third kappa shape index (κ3) is 4.08. The number of methoxy groups -OCH3 is 2.